The number of halogens is 1. The lowest BCUT2D eigenvalue weighted by Gasteiger charge is -2.14. The molecule has 0 unspecified atom stereocenters. The van der Waals surface area contributed by atoms with Crippen LogP contribution in [-0.2, 0) is 4.79 Å². The summed E-state index contributed by atoms with van der Waals surface area (Å²) in [5.41, 5.74) is -0.822. The summed E-state index contributed by atoms with van der Waals surface area (Å²) >= 11 is 6.97. The van der Waals surface area contributed by atoms with Crippen LogP contribution >= 0.6 is 23.4 Å². The zero-order valence-corrected chi connectivity index (χ0v) is 13.1. The summed E-state index contributed by atoms with van der Waals surface area (Å²) in [6.45, 7) is 1.81. The van der Waals surface area contributed by atoms with Gasteiger partial charge in [0.1, 0.15) is 0 Å². The molecule has 0 aliphatic heterocycles. The summed E-state index contributed by atoms with van der Waals surface area (Å²) < 4.78 is 0. The molecule has 1 aromatic carbocycles. The van der Waals surface area contributed by atoms with Gasteiger partial charge in [0.2, 0.25) is 5.91 Å². The zero-order chi connectivity index (χ0) is 16.1. The summed E-state index contributed by atoms with van der Waals surface area (Å²) in [6.07, 6.45) is 0.473. The van der Waals surface area contributed by atoms with Crippen LogP contribution in [0.1, 0.15) is 13.3 Å². The number of nitrogens with zero attached hydrogens (tertiary/aromatic N) is 1. The first-order valence-corrected chi connectivity index (χ1v) is 7.68. The van der Waals surface area contributed by atoms with E-state index in [4.69, 9.17) is 11.6 Å². The lowest BCUT2D eigenvalue weighted by molar-refractivity contribution is -0.115. The van der Waals surface area contributed by atoms with Gasteiger partial charge in [0.05, 0.1) is 16.0 Å². The molecular weight excluding hydrogens is 328 g/mol. The molecule has 0 aliphatic carbocycles. The van der Waals surface area contributed by atoms with E-state index in [1.54, 1.807) is 24.3 Å². The number of benzene rings is 1. The van der Waals surface area contributed by atoms with Crippen molar-refractivity contribution >= 4 is 35.0 Å². The Kier molecular flexibility index (Phi) is 5.40. The number of rotatable bonds is 5. The van der Waals surface area contributed by atoms with Gasteiger partial charge in [-0.25, -0.2) is 9.89 Å². The smallest absolute Gasteiger partial charge is 0.324 e. The molecule has 0 saturated carbocycles. The molecule has 116 valence electrons. The fourth-order valence-corrected chi connectivity index (χ4v) is 2.69. The molecule has 9 heteroatoms. The van der Waals surface area contributed by atoms with E-state index in [1.807, 2.05) is 6.92 Å². The Hall–Kier alpha value is -2.06. The Bertz CT molecular complexity index is 789. The van der Waals surface area contributed by atoms with E-state index in [2.05, 4.69) is 20.5 Å². The van der Waals surface area contributed by atoms with Gasteiger partial charge in [-0.3, -0.25) is 14.6 Å². The lowest BCUT2D eigenvalue weighted by atomic mass is 10.2. The number of hydrogen-bond acceptors (Lipinski definition) is 5. The number of hydrogen-bond donors (Lipinski definition) is 3. The van der Waals surface area contributed by atoms with Crippen molar-refractivity contribution in [3.05, 3.63) is 50.1 Å². The number of carbonyl (C=O) groups excluding carboxylic acids is 1. The minimum Gasteiger partial charge on any atom is -0.324 e. The highest BCUT2D eigenvalue weighted by Gasteiger charge is 2.21. The van der Waals surface area contributed by atoms with Gasteiger partial charge in [-0.2, -0.15) is 5.10 Å². The molecule has 2 rings (SSSR count). The lowest BCUT2D eigenvalue weighted by Crippen LogP contribution is -2.29. The summed E-state index contributed by atoms with van der Waals surface area (Å²) in [7, 11) is 0. The van der Waals surface area contributed by atoms with Crippen molar-refractivity contribution in [2.45, 2.75) is 23.6 Å². The summed E-state index contributed by atoms with van der Waals surface area (Å²) in [5.74, 6) is -0.298. The third-order valence-electron chi connectivity index (χ3n) is 2.73. The molecule has 1 amide bonds. The highest BCUT2D eigenvalue weighted by molar-refractivity contribution is 8.00. The van der Waals surface area contributed by atoms with Crippen molar-refractivity contribution in [2.75, 3.05) is 5.32 Å². The Morgan fingerprint density at radius 2 is 2.14 bits per heavy atom. The summed E-state index contributed by atoms with van der Waals surface area (Å²) in [6, 6.07) is 6.86. The molecule has 0 saturated heterocycles. The standard InChI is InChI=1S/C13H13ClN4O3S/c1-2-9(22-12-11(20)16-13(21)18-17-12)10(19)15-8-6-4-3-5-7(8)14/h3-6,9H,2H2,1H3,(H,15,19)(H2,16,18,20,21)/t9-/m0/s1. The second-order valence-corrected chi connectivity index (χ2v) is 5.89. The first kappa shape index (κ1) is 16.3. The normalized spacial score (nSPS) is 11.9. The Morgan fingerprint density at radius 3 is 2.77 bits per heavy atom. The number of anilines is 1. The molecule has 0 fully saturated rings. The maximum atomic E-state index is 12.3. The van der Waals surface area contributed by atoms with Crippen LogP contribution in [0.3, 0.4) is 0 Å². The van der Waals surface area contributed by atoms with E-state index in [0.717, 1.165) is 11.8 Å². The first-order valence-electron chi connectivity index (χ1n) is 6.42. The molecule has 7 nitrogen and oxygen atoms in total. The van der Waals surface area contributed by atoms with Crippen LogP contribution in [-0.4, -0.2) is 26.3 Å². The topological polar surface area (TPSA) is 108 Å². The van der Waals surface area contributed by atoms with Crippen molar-refractivity contribution in [3.8, 4) is 0 Å². The van der Waals surface area contributed by atoms with Crippen LogP contribution in [0.2, 0.25) is 5.02 Å². The minimum atomic E-state index is -0.692. The van der Waals surface area contributed by atoms with E-state index in [-0.39, 0.29) is 10.9 Å². The van der Waals surface area contributed by atoms with Gasteiger partial charge >= 0.3 is 5.69 Å². The largest absolute Gasteiger partial charge is 0.342 e. The second kappa shape index (κ2) is 7.28. The van der Waals surface area contributed by atoms with Crippen molar-refractivity contribution in [3.63, 3.8) is 0 Å². The maximum absolute atomic E-state index is 12.3. The zero-order valence-electron chi connectivity index (χ0n) is 11.6. The SMILES string of the molecule is CC[C@H](Sc1n[nH]c(=O)[nH]c1=O)C(=O)Nc1ccccc1Cl. The average molecular weight is 341 g/mol. The van der Waals surface area contributed by atoms with E-state index in [1.165, 1.54) is 0 Å². The Balaban J connectivity index is 2.14. The second-order valence-electron chi connectivity index (χ2n) is 4.30. The molecule has 22 heavy (non-hydrogen) atoms. The van der Waals surface area contributed by atoms with E-state index in [0.29, 0.717) is 17.1 Å². The number of thioether (sulfide) groups is 1. The van der Waals surface area contributed by atoms with E-state index in [9.17, 15) is 14.4 Å². The number of amides is 1. The predicted molar refractivity (Wildman–Crippen MR) is 85.5 cm³/mol. The molecular formula is C13H13ClN4O3S. The number of carbonyl (C=O) groups is 1. The van der Waals surface area contributed by atoms with Gasteiger partial charge < -0.3 is 5.32 Å². The summed E-state index contributed by atoms with van der Waals surface area (Å²) in [4.78, 5) is 36.9. The molecule has 3 N–H and O–H groups in total. The molecule has 0 spiro atoms. The van der Waals surface area contributed by atoms with Crippen molar-refractivity contribution in [1.29, 1.82) is 0 Å². The van der Waals surface area contributed by atoms with Crippen molar-refractivity contribution in [1.82, 2.24) is 15.2 Å². The number of para-hydroxylation sites is 1. The molecule has 1 heterocycles. The van der Waals surface area contributed by atoms with E-state index >= 15 is 0 Å². The first-order chi connectivity index (χ1) is 10.5. The number of H-pyrrole nitrogens is 2. The molecule has 1 aromatic heterocycles. The number of aromatic amines is 2. The highest BCUT2D eigenvalue weighted by atomic mass is 35.5. The van der Waals surface area contributed by atoms with Gasteiger partial charge in [0.15, 0.2) is 5.03 Å². The third-order valence-corrected chi connectivity index (χ3v) is 4.39. The van der Waals surface area contributed by atoms with Crippen LogP contribution < -0.4 is 16.6 Å². The molecule has 2 aromatic rings. The Morgan fingerprint density at radius 1 is 1.41 bits per heavy atom. The average Bonchev–Trinajstić information content (AvgIpc) is 2.49. The number of nitrogens with one attached hydrogen (secondary N) is 3. The van der Waals surface area contributed by atoms with Crippen LogP contribution in [0.5, 0.6) is 0 Å². The van der Waals surface area contributed by atoms with Crippen LogP contribution in [0.25, 0.3) is 0 Å². The number of aromatic nitrogens is 3. The predicted octanol–water partition coefficient (Wildman–Crippen LogP) is 1.62. The summed E-state index contributed by atoms with van der Waals surface area (Å²) in [5, 5.41) is 8.40. The van der Waals surface area contributed by atoms with Gasteiger partial charge in [0.25, 0.3) is 5.56 Å². The van der Waals surface area contributed by atoms with Gasteiger partial charge in [-0.05, 0) is 18.6 Å². The van der Waals surface area contributed by atoms with Gasteiger partial charge in [-0.1, -0.05) is 42.4 Å². The monoisotopic (exact) mass is 340 g/mol. The van der Waals surface area contributed by atoms with Crippen LogP contribution in [0.4, 0.5) is 5.69 Å². The van der Waals surface area contributed by atoms with Crippen molar-refractivity contribution in [2.24, 2.45) is 0 Å². The van der Waals surface area contributed by atoms with Crippen LogP contribution in [0, 0.1) is 0 Å². The quantitative estimate of drug-likeness (QED) is 0.717. The fourth-order valence-electron chi connectivity index (χ4n) is 1.65. The minimum absolute atomic E-state index is 0.0285. The third kappa shape index (κ3) is 3.99. The van der Waals surface area contributed by atoms with E-state index < -0.39 is 16.5 Å². The van der Waals surface area contributed by atoms with Gasteiger partial charge in [0, 0.05) is 0 Å². The fraction of sp³-hybridized carbons (Fsp3) is 0.231. The molecule has 0 bridgehead atoms. The molecule has 0 radical (unpaired) electrons. The molecule has 1 atom stereocenters. The maximum Gasteiger partial charge on any atom is 0.342 e. The van der Waals surface area contributed by atoms with Crippen molar-refractivity contribution < 1.29 is 4.79 Å². The highest BCUT2D eigenvalue weighted by Crippen LogP contribution is 2.24. The van der Waals surface area contributed by atoms with Crippen LogP contribution in [0.15, 0.2) is 38.9 Å². The van der Waals surface area contributed by atoms with Gasteiger partial charge in [-0.15, -0.1) is 0 Å². The Labute approximate surface area is 134 Å². The molecule has 0 aliphatic rings.